The summed E-state index contributed by atoms with van der Waals surface area (Å²) in [6, 6.07) is 7.32. The van der Waals surface area contributed by atoms with Gasteiger partial charge < -0.3 is 18.9 Å². The highest BCUT2D eigenvalue weighted by atomic mass is 16.5. The second-order valence-corrected chi connectivity index (χ2v) is 8.16. The number of hydrogen-bond donors (Lipinski definition) is 0. The van der Waals surface area contributed by atoms with Crippen LogP contribution < -0.4 is 9.47 Å². The lowest BCUT2D eigenvalue weighted by Crippen LogP contribution is -2.51. The molecule has 8 nitrogen and oxygen atoms in total. The van der Waals surface area contributed by atoms with Crippen molar-refractivity contribution in [2.45, 2.75) is 45.3 Å². The lowest BCUT2D eigenvalue weighted by molar-refractivity contribution is 0.0564. The molecule has 4 rings (SSSR count). The molecule has 2 aliphatic rings. The smallest absolute Gasteiger partial charge is 0.276 e. The number of carbonyl (C=O) groups excluding carboxylic acids is 2. The maximum absolute atomic E-state index is 12.8. The highest BCUT2D eigenvalue weighted by molar-refractivity contribution is 5.94. The number of piperazine rings is 1. The number of amides is 1. The average Bonchev–Trinajstić information content (AvgIpc) is 3.49. The first-order chi connectivity index (χ1) is 15.0. The topological polar surface area (TPSA) is 85.1 Å². The molecular weight excluding hydrogens is 398 g/mol. The van der Waals surface area contributed by atoms with Crippen molar-refractivity contribution in [3.63, 3.8) is 0 Å². The number of aromatic nitrogens is 1. The maximum atomic E-state index is 12.8. The minimum absolute atomic E-state index is 0.0488. The average molecular weight is 428 g/mol. The van der Waals surface area contributed by atoms with Crippen molar-refractivity contribution in [3.05, 3.63) is 41.3 Å². The van der Waals surface area contributed by atoms with Crippen molar-refractivity contribution in [2.75, 3.05) is 33.3 Å². The Kier molecular flexibility index (Phi) is 6.56. The number of ketones is 1. The predicted molar refractivity (Wildman–Crippen MR) is 114 cm³/mol. The second-order valence-electron chi connectivity index (χ2n) is 8.16. The number of nitrogens with zero attached hydrogens (tertiary/aromatic N) is 3. The molecule has 0 radical (unpaired) electrons. The zero-order valence-corrected chi connectivity index (χ0v) is 18.1. The van der Waals surface area contributed by atoms with Gasteiger partial charge in [0, 0.05) is 43.9 Å². The van der Waals surface area contributed by atoms with Crippen molar-refractivity contribution in [1.82, 2.24) is 15.0 Å². The number of hydrogen-bond acceptors (Lipinski definition) is 7. The van der Waals surface area contributed by atoms with Gasteiger partial charge in [-0.3, -0.25) is 14.5 Å². The van der Waals surface area contributed by atoms with Gasteiger partial charge in [-0.25, -0.2) is 0 Å². The molecule has 1 aliphatic carbocycles. The number of carbonyl (C=O) groups is 2. The number of ether oxygens (including phenoxy) is 2. The molecule has 2 aromatic rings. The summed E-state index contributed by atoms with van der Waals surface area (Å²) >= 11 is 0. The van der Waals surface area contributed by atoms with E-state index < -0.39 is 0 Å². The van der Waals surface area contributed by atoms with E-state index in [1.807, 2.05) is 4.90 Å². The largest absolute Gasteiger partial charge is 0.493 e. The van der Waals surface area contributed by atoms with Crippen molar-refractivity contribution < 1.29 is 23.6 Å². The lowest BCUT2D eigenvalue weighted by atomic mass is 10.1. The molecule has 2 heterocycles. The van der Waals surface area contributed by atoms with Gasteiger partial charge >= 0.3 is 0 Å². The van der Waals surface area contributed by atoms with Crippen molar-refractivity contribution >= 4 is 11.7 Å². The van der Waals surface area contributed by atoms with Crippen LogP contribution in [0.2, 0.25) is 0 Å². The Morgan fingerprint density at radius 2 is 1.84 bits per heavy atom. The van der Waals surface area contributed by atoms with Crippen LogP contribution in [0.5, 0.6) is 11.5 Å². The fourth-order valence-corrected chi connectivity index (χ4v) is 4.36. The summed E-state index contributed by atoms with van der Waals surface area (Å²) in [4.78, 5) is 28.7. The van der Waals surface area contributed by atoms with Crippen LogP contribution in [0.25, 0.3) is 0 Å². The summed E-state index contributed by atoms with van der Waals surface area (Å²) in [6.45, 7) is 4.87. The van der Waals surface area contributed by atoms with E-state index in [-0.39, 0.29) is 18.3 Å². The third kappa shape index (κ3) is 4.90. The molecule has 1 aromatic carbocycles. The van der Waals surface area contributed by atoms with E-state index in [1.54, 1.807) is 24.3 Å². The molecule has 1 aliphatic heterocycles. The van der Waals surface area contributed by atoms with Gasteiger partial charge in [-0.1, -0.05) is 18.0 Å². The summed E-state index contributed by atoms with van der Waals surface area (Å²) < 4.78 is 16.4. The molecule has 1 saturated heterocycles. The Bertz CT molecular complexity index is 927. The van der Waals surface area contributed by atoms with Gasteiger partial charge in [-0.2, -0.15) is 0 Å². The first kappa shape index (κ1) is 21.4. The van der Waals surface area contributed by atoms with Gasteiger partial charge in [-0.05, 0) is 38.0 Å². The molecule has 1 saturated carbocycles. The van der Waals surface area contributed by atoms with E-state index in [0.717, 1.165) is 13.1 Å². The normalized spacial score (nSPS) is 17.7. The first-order valence-electron chi connectivity index (χ1n) is 10.9. The van der Waals surface area contributed by atoms with Crippen LogP contribution in [-0.2, 0) is 6.61 Å². The van der Waals surface area contributed by atoms with Crippen LogP contribution in [0.3, 0.4) is 0 Å². The zero-order valence-electron chi connectivity index (χ0n) is 18.1. The van der Waals surface area contributed by atoms with Crippen LogP contribution in [0, 0.1) is 0 Å². The van der Waals surface area contributed by atoms with E-state index in [2.05, 4.69) is 10.1 Å². The Morgan fingerprint density at radius 1 is 1.10 bits per heavy atom. The zero-order chi connectivity index (χ0) is 21.8. The molecule has 0 bridgehead atoms. The number of benzene rings is 1. The van der Waals surface area contributed by atoms with Crippen LogP contribution in [0.4, 0.5) is 0 Å². The van der Waals surface area contributed by atoms with Crippen molar-refractivity contribution in [3.8, 4) is 11.5 Å². The molecule has 31 heavy (non-hydrogen) atoms. The van der Waals surface area contributed by atoms with Crippen molar-refractivity contribution in [1.29, 1.82) is 0 Å². The summed E-state index contributed by atoms with van der Waals surface area (Å²) in [5.74, 6) is 1.24. The second kappa shape index (κ2) is 9.51. The molecular formula is C23H29N3O5. The fourth-order valence-electron chi connectivity index (χ4n) is 4.36. The van der Waals surface area contributed by atoms with E-state index >= 15 is 0 Å². The van der Waals surface area contributed by atoms with Crippen LogP contribution in [0.1, 0.15) is 59.2 Å². The fraction of sp³-hybridized carbons (Fsp3) is 0.522. The van der Waals surface area contributed by atoms with E-state index in [9.17, 15) is 9.59 Å². The first-order valence-corrected chi connectivity index (χ1v) is 10.9. The van der Waals surface area contributed by atoms with E-state index in [0.29, 0.717) is 47.6 Å². The molecule has 1 amide bonds. The minimum Gasteiger partial charge on any atom is -0.493 e. The lowest BCUT2D eigenvalue weighted by Gasteiger charge is -2.37. The SMILES string of the molecule is COc1cc(C(C)=O)ccc1OCc1cc(C(=O)N2CCN(C3CCCC3)CC2)no1. The Hall–Kier alpha value is -2.87. The van der Waals surface area contributed by atoms with E-state index in [4.69, 9.17) is 14.0 Å². The van der Waals surface area contributed by atoms with Gasteiger partial charge in [0.05, 0.1) is 7.11 Å². The molecule has 166 valence electrons. The van der Waals surface area contributed by atoms with Crippen LogP contribution in [0.15, 0.2) is 28.8 Å². The summed E-state index contributed by atoms with van der Waals surface area (Å²) in [7, 11) is 1.52. The maximum Gasteiger partial charge on any atom is 0.276 e. The third-order valence-corrected chi connectivity index (χ3v) is 6.16. The van der Waals surface area contributed by atoms with Gasteiger partial charge in [-0.15, -0.1) is 0 Å². The van der Waals surface area contributed by atoms with E-state index in [1.165, 1.54) is 39.7 Å². The highest BCUT2D eigenvalue weighted by Crippen LogP contribution is 2.29. The number of methoxy groups -OCH3 is 1. The number of Topliss-reactive ketones (excluding diaryl/α,β-unsaturated/α-hetero) is 1. The standard InChI is InChI=1S/C23H29N3O5/c1-16(27)17-7-8-21(22(13-17)29-2)30-15-19-14-20(24-31-19)23(28)26-11-9-25(10-12-26)18-5-3-4-6-18/h7-8,13-14,18H,3-6,9-12,15H2,1-2H3. The van der Waals surface area contributed by atoms with Crippen LogP contribution >= 0.6 is 0 Å². The highest BCUT2D eigenvalue weighted by Gasteiger charge is 2.29. The Morgan fingerprint density at radius 3 is 2.52 bits per heavy atom. The minimum atomic E-state index is -0.107. The number of rotatable bonds is 7. The summed E-state index contributed by atoms with van der Waals surface area (Å²) in [6.07, 6.45) is 5.20. The van der Waals surface area contributed by atoms with Gasteiger partial charge in [0.15, 0.2) is 28.7 Å². The summed E-state index contributed by atoms with van der Waals surface area (Å²) in [5, 5.41) is 3.94. The monoisotopic (exact) mass is 427 g/mol. The molecule has 0 N–H and O–H groups in total. The molecule has 0 spiro atoms. The van der Waals surface area contributed by atoms with Gasteiger partial charge in [0.2, 0.25) is 0 Å². The molecule has 0 atom stereocenters. The van der Waals surface area contributed by atoms with Gasteiger partial charge in [0.1, 0.15) is 6.61 Å². The third-order valence-electron chi connectivity index (χ3n) is 6.16. The summed E-state index contributed by atoms with van der Waals surface area (Å²) in [5.41, 5.74) is 0.844. The van der Waals surface area contributed by atoms with Gasteiger partial charge in [0.25, 0.3) is 5.91 Å². The Balaban J connectivity index is 1.32. The molecule has 8 heteroatoms. The quantitative estimate of drug-likeness (QED) is 0.628. The predicted octanol–water partition coefficient (Wildman–Crippen LogP) is 3.17. The van der Waals surface area contributed by atoms with Crippen molar-refractivity contribution in [2.24, 2.45) is 0 Å². The molecule has 2 fully saturated rings. The molecule has 0 unspecified atom stereocenters. The Labute approximate surface area is 182 Å². The van der Waals surface area contributed by atoms with Crippen LogP contribution in [-0.4, -0.2) is 66.0 Å². The molecule has 1 aromatic heterocycles.